The summed E-state index contributed by atoms with van der Waals surface area (Å²) in [5, 5.41) is 2.82. The second-order valence-electron chi connectivity index (χ2n) is 4.82. The molecular weight excluding hydrogens is 298 g/mol. The van der Waals surface area contributed by atoms with E-state index in [1.807, 2.05) is 6.92 Å². The predicted octanol–water partition coefficient (Wildman–Crippen LogP) is 3.07. The van der Waals surface area contributed by atoms with Crippen LogP contribution in [0.25, 0.3) is 0 Å². The SMILES string of the molecule is CCOc1ccc(C(=O)Nc2ccc3c(c2)OCO3)cc1OC. The van der Waals surface area contributed by atoms with Crippen LogP contribution < -0.4 is 24.3 Å². The van der Waals surface area contributed by atoms with Crippen molar-refractivity contribution in [3.05, 3.63) is 42.0 Å². The van der Waals surface area contributed by atoms with Gasteiger partial charge in [0.1, 0.15) is 0 Å². The molecule has 0 unspecified atom stereocenters. The van der Waals surface area contributed by atoms with Gasteiger partial charge in [0.15, 0.2) is 23.0 Å². The number of benzene rings is 2. The average Bonchev–Trinajstić information content (AvgIpc) is 3.03. The maximum absolute atomic E-state index is 12.4. The van der Waals surface area contributed by atoms with Crippen LogP contribution in [0.4, 0.5) is 5.69 Å². The Kier molecular flexibility index (Phi) is 4.23. The van der Waals surface area contributed by atoms with Crippen molar-refractivity contribution in [1.82, 2.24) is 0 Å². The summed E-state index contributed by atoms with van der Waals surface area (Å²) in [6.45, 7) is 2.61. The fourth-order valence-corrected chi connectivity index (χ4v) is 2.26. The molecule has 0 aromatic heterocycles. The van der Waals surface area contributed by atoms with E-state index in [1.165, 1.54) is 7.11 Å². The molecule has 23 heavy (non-hydrogen) atoms. The van der Waals surface area contributed by atoms with Gasteiger partial charge < -0.3 is 24.3 Å². The molecule has 0 radical (unpaired) electrons. The first kappa shape index (κ1) is 15.0. The van der Waals surface area contributed by atoms with E-state index in [2.05, 4.69) is 5.32 Å². The molecule has 0 bridgehead atoms. The van der Waals surface area contributed by atoms with E-state index in [0.717, 1.165) is 0 Å². The molecular formula is C17H17NO5. The first-order valence-electron chi connectivity index (χ1n) is 7.23. The van der Waals surface area contributed by atoms with Crippen molar-refractivity contribution in [2.75, 3.05) is 25.8 Å². The highest BCUT2D eigenvalue weighted by molar-refractivity contribution is 6.04. The fourth-order valence-electron chi connectivity index (χ4n) is 2.26. The largest absolute Gasteiger partial charge is 0.493 e. The number of anilines is 1. The number of carbonyl (C=O) groups excluding carboxylic acids is 1. The predicted molar refractivity (Wildman–Crippen MR) is 84.7 cm³/mol. The Balaban J connectivity index is 1.77. The van der Waals surface area contributed by atoms with Gasteiger partial charge in [-0.2, -0.15) is 0 Å². The molecule has 1 N–H and O–H groups in total. The maximum Gasteiger partial charge on any atom is 0.255 e. The molecule has 2 aromatic carbocycles. The Bertz CT molecular complexity index is 729. The van der Waals surface area contributed by atoms with Crippen molar-refractivity contribution in [3.63, 3.8) is 0 Å². The maximum atomic E-state index is 12.4. The van der Waals surface area contributed by atoms with Crippen LogP contribution in [0.15, 0.2) is 36.4 Å². The number of rotatable bonds is 5. The summed E-state index contributed by atoms with van der Waals surface area (Å²) in [6.07, 6.45) is 0. The van der Waals surface area contributed by atoms with Crippen molar-refractivity contribution in [2.45, 2.75) is 6.92 Å². The lowest BCUT2D eigenvalue weighted by Crippen LogP contribution is -2.12. The molecule has 1 aliphatic rings. The molecule has 0 fully saturated rings. The summed E-state index contributed by atoms with van der Waals surface area (Å²) >= 11 is 0. The number of ether oxygens (including phenoxy) is 4. The summed E-state index contributed by atoms with van der Waals surface area (Å²) in [7, 11) is 1.54. The van der Waals surface area contributed by atoms with Crippen molar-refractivity contribution in [2.24, 2.45) is 0 Å². The molecule has 3 rings (SSSR count). The van der Waals surface area contributed by atoms with E-state index in [1.54, 1.807) is 36.4 Å². The van der Waals surface area contributed by atoms with E-state index in [-0.39, 0.29) is 12.7 Å². The van der Waals surface area contributed by atoms with Gasteiger partial charge in [0.05, 0.1) is 13.7 Å². The Morgan fingerprint density at radius 1 is 1.13 bits per heavy atom. The quantitative estimate of drug-likeness (QED) is 0.918. The lowest BCUT2D eigenvalue weighted by Gasteiger charge is -2.11. The normalized spacial score (nSPS) is 11.9. The molecule has 0 saturated carbocycles. The van der Waals surface area contributed by atoms with Crippen LogP contribution >= 0.6 is 0 Å². The smallest absolute Gasteiger partial charge is 0.255 e. The molecule has 0 aliphatic carbocycles. The van der Waals surface area contributed by atoms with Crippen molar-refractivity contribution in [3.8, 4) is 23.0 Å². The van der Waals surface area contributed by atoms with E-state index in [9.17, 15) is 4.79 Å². The molecule has 0 spiro atoms. The second kappa shape index (κ2) is 6.48. The zero-order valence-electron chi connectivity index (χ0n) is 12.9. The number of nitrogens with one attached hydrogen (secondary N) is 1. The summed E-state index contributed by atoms with van der Waals surface area (Å²) in [4.78, 5) is 12.4. The number of fused-ring (bicyclic) bond motifs is 1. The molecule has 6 heteroatoms. The average molecular weight is 315 g/mol. The van der Waals surface area contributed by atoms with Crippen molar-refractivity contribution < 1.29 is 23.7 Å². The minimum atomic E-state index is -0.245. The summed E-state index contributed by atoms with van der Waals surface area (Å²) < 4.78 is 21.2. The van der Waals surface area contributed by atoms with Crippen LogP contribution in [-0.2, 0) is 0 Å². The minimum absolute atomic E-state index is 0.197. The van der Waals surface area contributed by atoms with Gasteiger partial charge in [-0.25, -0.2) is 0 Å². The number of carbonyl (C=O) groups is 1. The van der Waals surface area contributed by atoms with Gasteiger partial charge in [-0.05, 0) is 37.3 Å². The molecule has 1 amide bonds. The van der Waals surface area contributed by atoms with Crippen LogP contribution in [0, 0.1) is 0 Å². The molecule has 0 atom stereocenters. The highest BCUT2D eigenvalue weighted by Gasteiger charge is 2.15. The van der Waals surface area contributed by atoms with Gasteiger partial charge >= 0.3 is 0 Å². The van der Waals surface area contributed by atoms with Crippen LogP contribution in [0.1, 0.15) is 17.3 Å². The van der Waals surface area contributed by atoms with E-state index < -0.39 is 0 Å². The van der Waals surface area contributed by atoms with Gasteiger partial charge in [0.25, 0.3) is 5.91 Å². The van der Waals surface area contributed by atoms with Gasteiger partial charge in [-0.15, -0.1) is 0 Å². The Morgan fingerprint density at radius 3 is 2.74 bits per heavy atom. The summed E-state index contributed by atoms with van der Waals surface area (Å²) in [6, 6.07) is 10.3. The summed E-state index contributed by atoms with van der Waals surface area (Å²) in [5.41, 5.74) is 1.11. The number of amides is 1. The number of methoxy groups -OCH3 is 1. The third-order valence-corrected chi connectivity index (χ3v) is 3.36. The zero-order chi connectivity index (χ0) is 16.2. The Hall–Kier alpha value is -2.89. The van der Waals surface area contributed by atoms with Crippen LogP contribution in [0.5, 0.6) is 23.0 Å². The Morgan fingerprint density at radius 2 is 1.96 bits per heavy atom. The summed E-state index contributed by atoms with van der Waals surface area (Å²) in [5.74, 6) is 2.17. The molecule has 1 aliphatic heterocycles. The van der Waals surface area contributed by atoms with E-state index in [0.29, 0.717) is 40.9 Å². The van der Waals surface area contributed by atoms with Crippen LogP contribution in [-0.4, -0.2) is 26.4 Å². The zero-order valence-corrected chi connectivity index (χ0v) is 12.9. The van der Waals surface area contributed by atoms with E-state index in [4.69, 9.17) is 18.9 Å². The lowest BCUT2D eigenvalue weighted by atomic mass is 10.1. The van der Waals surface area contributed by atoms with Gasteiger partial charge in [-0.3, -0.25) is 4.79 Å². The van der Waals surface area contributed by atoms with Crippen LogP contribution in [0.2, 0.25) is 0 Å². The number of hydrogen-bond acceptors (Lipinski definition) is 5. The molecule has 0 saturated heterocycles. The van der Waals surface area contributed by atoms with E-state index >= 15 is 0 Å². The van der Waals surface area contributed by atoms with Crippen molar-refractivity contribution in [1.29, 1.82) is 0 Å². The highest BCUT2D eigenvalue weighted by atomic mass is 16.7. The highest BCUT2D eigenvalue weighted by Crippen LogP contribution is 2.34. The van der Waals surface area contributed by atoms with Crippen molar-refractivity contribution >= 4 is 11.6 Å². The first-order chi connectivity index (χ1) is 11.2. The molecule has 120 valence electrons. The fraction of sp³-hybridized carbons (Fsp3) is 0.235. The Labute approximate surface area is 133 Å². The third-order valence-electron chi connectivity index (χ3n) is 3.36. The first-order valence-corrected chi connectivity index (χ1v) is 7.23. The second-order valence-corrected chi connectivity index (χ2v) is 4.82. The molecule has 1 heterocycles. The number of hydrogen-bond donors (Lipinski definition) is 1. The standard InChI is InChI=1S/C17H17NO5/c1-3-21-13-6-4-11(8-15(13)20-2)17(19)18-12-5-7-14-16(9-12)23-10-22-14/h4-9H,3,10H2,1-2H3,(H,18,19). The van der Waals surface area contributed by atoms with Gasteiger partial charge in [-0.1, -0.05) is 0 Å². The minimum Gasteiger partial charge on any atom is -0.493 e. The monoisotopic (exact) mass is 315 g/mol. The van der Waals surface area contributed by atoms with Gasteiger partial charge in [0.2, 0.25) is 6.79 Å². The third kappa shape index (κ3) is 3.15. The van der Waals surface area contributed by atoms with Crippen LogP contribution in [0.3, 0.4) is 0 Å². The van der Waals surface area contributed by atoms with Gasteiger partial charge in [0, 0.05) is 17.3 Å². The topological polar surface area (TPSA) is 66.0 Å². The molecule has 6 nitrogen and oxygen atoms in total. The molecule has 2 aromatic rings. The lowest BCUT2D eigenvalue weighted by molar-refractivity contribution is 0.102.